The molecule has 0 atom stereocenters. The van der Waals surface area contributed by atoms with Crippen LogP contribution in [0.4, 0.5) is 0 Å². The molecule has 0 aromatic heterocycles. The van der Waals surface area contributed by atoms with Crippen LogP contribution in [-0.4, -0.2) is 11.9 Å². The van der Waals surface area contributed by atoms with Gasteiger partial charge in [-0.25, -0.2) is 0 Å². The Morgan fingerprint density at radius 1 is 0.581 bits per heavy atom. The van der Waals surface area contributed by atoms with E-state index in [1.54, 1.807) is 0 Å². The molecular weight excluding hydrogens is 392 g/mol. The summed E-state index contributed by atoms with van der Waals surface area (Å²) in [6, 6.07) is 19.1. The minimum absolute atomic E-state index is 0.225. The van der Waals surface area contributed by atoms with Crippen LogP contribution in [0.2, 0.25) is 0 Å². The minimum Gasteiger partial charge on any atom is -0.459 e. The van der Waals surface area contributed by atoms with Gasteiger partial charge in [-0.15, -0.1) is 0 Å². The summed E-state index contributed by atoms with van der Waals surface area (Å²) in [5, 5.41) is 0. The molecule has 0 fully saturated rings. The van der Waals surface area contributed by atoms with Gasteiger partial charge in [0.1, 0.15) is 23.0 Å². The van der Waals surface area contributed by atoms with Gasteiger partial charge in [-0.1, -0.05) is 60.7 Å². The molecule has 2 aromatic carbocycles. The van der Waals surface area contributed by atoms with Gasteiger partial charge in [0.25, 0.3) is 0 Å². The Labute approximate surface area is 182 Å². The zero-order chi connectivity index (χ0) is 21.5. The maximum absolute atomic E-state index is 12.3. The van der Waals surface area contributed by atoms with Gasteiger partial charge < -0.3 is 14.2 Å². The predicted molar refractivity (Wildman–Crippen MR) is 115 cm³/mol. The van der Waals surface area contributed by atoms with Crippen LogP contribution in [0.5, 0.6) is 0 Å². The molecule has 4 rings (SSSR count). The van der Waals surface area contributed by atoms with Crippen molar-refractivity contribution in [2.24, 2.45) is 0 Å². The first-order chi connectivity index (χ1) is 15.2. The fraction of sp³-hybridized carbons (Fsp3) is 0.308. The second kappa shape index (κ2) is 10.1. The molecule has 31 heavy (non-hydrogen) atoms. The number of hydrogen-bond donors (Lipinski definition) is 0. The fourth-order valence-electron chi connectivity index (χ4n) is 3.83. The molecule has 0 saturated heterocycles. The molecule has 2 aromatic rings. The van der Waals surface area contributed by atoms with E-state index in [4.69, 9.17) is 14.2 Å². The van der Waals surface area contributed by atoms with Gasteiger partial charge in [0.2, 0.25) is 0 Å². The molecule has 0 aliphatic heterocycles. The van der Waals surface area contributed by atoms with Crippen LogP contribution in [0.25, 0.3) is 0 Å². The van der Waals surface area contributed by atoms with E-state index in [-0.39, 0.29) is 24.8 Å². The van der Waals surface area contributed by atoms with Gasteiger partial charge in [-0.2, -0.15) is 0 Å². The summed E-state index contributed by atoms with van der Waals surface area (Å²) in [7, 11) is 0. The van der Waals surface area contributed by atoms with E-state index in [2.05, 4.69) is 0 Å². The van der Waals surface area contributed by atoms with E-state index in [9.17, 15) is 9.59 Å². The summed E-state index contributed by atoms with van der Waals surface area (Å²) in [5.74, 6) is 1.95. The lowest BCUT2D eigenvalue weighted by Gasteiger charge is -2.13. The monoisotopic (exact) mass is 418 g/mol. The lowest BCUT2D eigenvalue weighted by molar-refractivity contribution is -0.139. The third-order valence-electron chi connectivity index (χ3n) is 5.34. The van der Waals surface area contributed by atoms with Crippen LogP contribution in [0.15, 0.2) is 83.7 Å². The second-order valence-electron chi connectivity index (χ2n) is 7.77. The fourth-order valence-corrected chi connectivity index (χ4v) is 3.83. The molecule has 2 aliphatic rings. The van der Waals surface area contributed by atoms with E-state index in [1.165, 1.54) is 0 Å². The highest BCUT2D eigenvalue weighted by molar-refractivity contribution is 5.74. The number of hydrogen-bond acceptors (Lipinski definition) is 5. The van der Waals surface area contributed by atoms with Crippen LogP contribution in [0, 0.1) is 0 Å². The zero-order valence-corrected chi connectivity index (χ0v) is 17.5. The number of rotatable bonds is 8. The van der Waals surface area contributed by atoms with Crippen molar-refractivity contribution in [3.63, 3.8) is 0 Å². The first-order valence-corrected chi connectivity index (χ1v) is 10.8. The van der Waals surface area contributed by atoms with Crippen molar-refractivity contribution in [1.29, 1.82) is 0 Å². The molecule has 160 valence electrons. The third-order valence-corrected chi connectivity index (χ3v) is 5.34. The molecule has 0 spiro atoms. The molecule has 0 saturated carbocycles. The van der Waals surface area contributed by atoms with E-state index < -0.39 is 0 Å². The standard InChI is InChI=1S/C26H26O5/c27-25(17-19-9-3-1-4-10-19)30-23-15-7-13-21(23)29-22-14-8-16-24(22)31-26(28)18-20-11-5-2-6-12-20/h1-6,9-12H,7-8,13-18H2. The molecule has 0 unspecified atom stereocenters. The van der Waals surface area contributed by atoms with Crippen molar-refractivity contribution in [3.05, 3.63) is 94.8 Å². The van der Waals surface area contributed by atoms with E-state index in [0.29, 0.717) is 48.7 Å². The van der Waals surface area contributed by atoms with Crippen molar-refractivity contribution in [3.8, 4) is 0 Å². The van der Waals surface area contributed by atoms with Crippen molar-refractivity contribution in [2.75, 3.05) is 0 Å². The molecule has 0 heterocycles. The Hall–Kier alpha value is -3.34. The van der Waals surface area contributed by atoms with Crippen LogP contribution < -0.4 is 0 Å². The van der Waals surface area contributed by atoms with Gasteiger partial charge >= 0.3 is 11.9 Å². The first kappa shape index (κ1) is 20.9. The summed E-state index contributed by atoms with van der Waals surface area (Å²) in [5.41, 5.74) is 1.83. The van der Waals surface area contributed by atoms with Crippen molar-refractivity contribution < 1.29 is 23.8 Å². The summed E-state index contributed by atoms with van der Waals surface area (Å²) in [6.45, 7) is 0. The first-order valence-electron chi connectivity index (χ1n) is 10.8. The highest BCUT2D eigenvalue weighted by atomic mass is 16.6. The zero-order valence-electron chi connectivity index (χ0n) is 17.5. The van der Waals surface area contributed by atoms with Crippen LogP contribution in [-0.2, 0) is 36.6 Å². The highest BCUT2D eigenvalue weighted by Crippen LogP contribution is 2.35. The van der Waals surface area contributed by atoms with Crippen LogP contribution in [0.1, 0.15) is 49.7 Å². The number of benzene rings is 2. The quantitative estimate of drug-likeness (QED) is 0.540. The number of esters is 2. The van der Waals surface area contributed by atoms with Crippen molar-refractivity contribution >= 4 is 11.9 Å². The highest BCUT2D eigenvalue weighted by Gasteiger charge is 2.26. The van der Waals surface area contributed by atoms with Crippen molar-refractivity contribution in [2.45, 2.75) is 51.4 Å². The molecule has 0 radical (unpaired) electrons. The van der Waals surface area contributed by atoms with E-state index in [1.807, 2.05) is 60.7 Å². The molecule has 0 bridgehead atoms. The molecule has 5 nitrogen and oxygen atoms in total. The number of allylic oxidation sites excluding steroid dienone is 4. The average Bonchev–Trinajstić information content (AvgIpc) is 3.39. The van der Waals surface area contributed by atoms with Gasteiger partial charge in [0.15, 0.2) is 0 Å². The summed E-state index contributed by atoms with van der Waals surface area (Å²) in [4.78, 5) is 24.7. The van der Waals surface area contributed by atoms with Gasteiger partial charge in [-0.05, 0) is 24.0 Å². The lowest BCUT2D eigenvalue weighted by Crippen LogP contribution is -2.10. The Kier molecular flexibility index (Phi) is 6.82. The van der Waals surface area contributed by atoms with Crippen LogP contribution in [0.3, 0.4) is 0 Å². The Bertz CT molecular complexity index is 907. The van der Waals surface area contributed by atoms with E-state index in [0.717, 1.165) is 24.0 Å². The molecule has 2 aliphatic carbocycles. The Morgan fingerprint density at radius 2 is 0.968 bits per heavy atom. The topological polar surface area (TPSA) is 61.8 Å². The lowest BCUT2D eigenvalue weighted by atomic mass is 10.2. The number of ether oxygens (including phenoxy) is 3. The largest absolute Gasteiger partial charge is 0.459 e. The SMILES string of the molecule is O=C(Cc1ccccc1)OC1=C(OC2=C(OC(=O)Cc3ccccc3)CCC2)CCC1. The Balaban J connectivity index is 1.38. The normalized spacial score (nSPS) is 15.9. The van der Waals surface area contributed by atoms with E-state index >= 15 is 0 Å². The molecule has 5 heteroatoms. The summed E-state index contributed by atoms with van der Waals surface area (Å²) >= 11 is 0. The summed E-state index contributed by atoms with van der Waals surface area (Å²) in [6.07, 6.45) is 4.97. The maximum atomic E-state index is 12.3. The van der Waals surface area contributed by atoms with Crippen molar-refractivity contribution in [1.82, 2.24) is 0 Å². The smallest absolute Gasteiger partial charge is 0.315 e. The second-order valence-corrected chi connectivity index (χ2v) is 7.77. The Morgan fingerprint density at radius 3 is 1.39 bits per heavy atom. The number of carbonyl (C=O) groups excluding carboxylic acids is 2. The minimum atomic E-state index is -0.292. The molecule has 0 N–H and O–H groups in total. The third kappa shape index (κ3) is 5.85. The maximum Gasteiger partial charge on any atom is 0.315 e. The molecular formula is C26H26O5. The average molecular weight is 418 g/mol. The molecule has 0 amide bonds. The van der Waals surface area contributed by atoms with Gasteiger partial charge in [0, 0.05) is 25.7 Å². The predicted octanol–water partition coefficient (Wildman–Crippen LogP) is 5.37. The van der Waals surface area contributed by atoms with Gasteiger partial charge in [-0.3, -0.25) is 9.59 Å². The number of carbonyl (C=O) groups is 2. The van der Waals surface area contributed by atoms with Crippen LogP contribution >= 0.6 is 0 Å². The van der Waals surface area contributed by atoms with Gasteiger partial charge in [0.05, 0.1) is 12.8 Å². The summed E-state index contributed by atoms with van der Waals surface area (Å²) < 4.78 is 17.3.